The van der Waals surface area contributed by atoms with Crippen LogP contribution in [0.2, 0.25) is 0 Å². The summed E-state index contributed by atoms with van der Waals surface area (Å²) in [6.07, 6.45) is -0.255. The second-order valence-corrected chi connectivity index (χ2v) is 4.73. The van der Waals surface area contributed by atoms with Gasteiger partial charge in [0, 0.05) is 18.7 Å². The average Bonchev–Trinajstić information content (AvgIpc) is 2.41. The number of benzene rings is 1. The summed E-state index contributed by atoms with van der Waals surface area (Å²) in [4.78, 5) is 14.1. The maximum Gasteiger partial charge on any atom is 0.254 e. The van der Waals surface area contributed by atoms with Gasteiger partial charge in [-0.2, -0.15) is 0 Å². The van der Waals surface area contributed by atoms with Crippen LogP contribution in [0.4, 0.5) is 0 Å². The van der Waals surface area contributed by atoms with Gasteiger partial charge in [0.05, 0.1) is 19.3 Å². The number of morpholine rings is 1. The van der Waals surface area contributed by atoms with Crippen molar-refractivity contribution >= 4 is 5.91 Å². The van der Waals surface area contributed by atoms with Crippen LogP contribution < -0.4 is 0 Å². The molecule has 18 heavy (non-hydrogen) atoms. The Hall–Kier alpha value is -1.39. The van der Waals surface area contributed by atoms with Crippen LogP contribution in [0.15, 0.2) is 18.2 Å². The zero-order valence-electron chi connectivity index (χ0n) is 10.8. The number of hydrogen-bond donors (Lipinski definition) is 1. The summed E-state index contributed by atoms with van der Waals surface area (Å²) >= 11 is 0. The van der Waals surface area contributed by atoms with Gasteiger partial charge in [0.2, 0.25) is 0 Å². The lowest BCUT2D eigenvalue weighted by molar-refractivity contribution is -0.0447. The first-order chi connectivity index (χ1) is 8.61. The van der Waals surface area contributed by atoms with E-state index in [4.69, 9.17) is 9.84 Å². The number of carbonyl (C=O) groups excluding carboxylic acids is 1. The van der Waals surface area contributed by atoms with Crippen LogP contribution in [0.25, 0.3) is 0 Å². The van der Waals surface area contributed by atoms with Gasteiger partial charge in [-0.3, -0.25) is 4.79 Å². The predicted octanol–water partition coefficient (Wildman–Crippen LogP) is 1.14. The quantitative estimate of drug-likeness (QED) is 0.855. The van der Waals surface area contributed by atoms with E-state index in [1.165, 1.54) is 5.56 Å². The fourth-order valence-electron chi connectivity index (χ4n) is 2.07. The van der Waals surface area contributed by atoms with Gasteiger partial charge in [0.1, 0.15) is 0 Å². The number of nitrogens with zero attached hydrogens (tertiary/aromatic N) is 1. The molecular formula is C14H19NO3. The molecule has 0 aliphatic carbocycles. The second kappa shape index (κ2) is 5.50. The number of carbonyl (C=O) groups is 1. The number of amides is 1. The molecule has 1 atom stereocenters. The van der Waals surface area contributed by atoms with Crippen LogP contribution in [0, 0.1) is 13.8 Å². The molecule has 0 saturated carbocycles. The zero-order chi connectivity index (χ0) is 13.1. The van der Waals surface area contributed by atoms with Gasteiger partial charge >= 0.3 is 0 Å². The number of aliphatic hydroxyl groups is 1. The van der Waals surface area contributed by atoms with Gasteiger partial charge in [-0.15, -0.1) is 0 Å². The van der Waals surface area contributed by atoms with Gasteiger partial charge in [-0.1, -0.05) is 6.07 Å². The molecule has 1 aromatic carbocycles. The molecule has 1 fully saturated rings. The summed E-state index contributed by atoms with van der Waals surface area (Å²) in [6, 6.07) is 5.74. The molecule has 1 aliphatic heterocycles. The highest BCUT2D eigenvalue weighted by atomic mass is 16.5. The summed E-state index contributed by atoms with van der Waals surface area (Å²) in [5.74, 6) is 0.0138. The van der Waals surface area contributed by atoms with Crippen LogP contribution in [0.3, 0.4) is 0 Å². The Morgan fingerprint density at radius 3 is 2.89 bits per heavy atom. The monoisotopic (exact) mass is 249 g/mol. The molecule has 2 rings (SSSR count). The zero-order valence-corrected chi connectivity index (χ0v) is 10.8. The molecule has 0 spiro atoms. The number of aliphatic hydroxyl groups excluding tert-OH is 1. The highest BCUT2D eigenvalue weighted by molar-refractivity contribution is 5.94. The van der Waals surface area contributed by atoms with Crippen LogP contribution in [-0.2, 0) is 4.74 Å². The Bertz CT molecular complexity index is 445. The molecule has 0 aromatic heterocycles. The van der Waals surface area contributed by atoms with Crippen molar-refractivity contribution in [2.24, 2.45) is 0 Å². The standard InChI is InChI=1S/C14H19NO3/c1-10-3-4-12(7-11(10)2)14(17)15-5-6-18-13(8-15)9-16/h3-4,7,13,16H,5-6,8-9H2,1-2H3. The third kappa shape index (κ3) is 2.71. The Balaban J connectivity index is 2.12. The normalized spacial score (nSPS) is 19.9. The van der Waals surface area contributed by atoms with E-state index in [-0.39, 0.29) is 18.6 Å². The first-order valence-corrected chi connectivity index (χ1v) is 6.21. The van der Waals surface area contributed by atoms with E-state index in [1.54, 1.807) is 4.90 Å². The van der Waals surface area contributed by atoms with Crippen LogP contribution >= 0.6 is 0 Å². The summed E-state index contributed by atoms with van der Waals surface area (Å²) in [6.45, 7) is 5.52. The minimum atomic E-state index is -0.255. The van der Waals surface area contributed by atoms with Crippen molar-refractivity contribution in [1.29, 1.82) is 0 Å². The van der Waals surface area contributed by atoms with E-state index >= 15 is 0 Å². The molecule has 4 heteroatoms. The minimum absolute atomic E-state index is 0.0138. The van der Waals surface area contributed by atoms with Crippen LogP contribution in [0.1, 0.15) is 21.5 Å². The smallest absolute Gasteiger partial charge is 0.254 e. The largest absolute Gasteiger partial charge is 0.394 e. The van der Waals surface area contributed by atoms with E-state index < -0.39 is 0 Å². The minimum Gasteiger partial charge on any atom is -0.394 e. The molecule has 1 heterocycles. The second-order valence-electron chi connectivity index (χ2n) is 4.73. The molecule has 1 unspecified atom stereocenters. The number of ether oxygens (including phenoxy) is 1. The van der Waals surface area contributed by atoms with Crippen molar-refractivity contribution in [2.45, 2.75) is 20.0 Å². The van der Waals surface area contributed by atoms with E-state index in [9.17, 15) is 4.79 Å². The van der Waals surface area contributed by atoms with Gasteiger partial charge in [-0.05, 0) is 37.1 Å². The van der Waals surface area contributed by atoms with E-state index in [2.05, 4.69) is 0 Å². The average molecular weight is 249 g/mol. The molecule has 0 radical (unpaired) electrons. The summed E-state index contributed by atoms with van der Waals surface area (Å²) in [5.41, 5.74) is 3.01. The van der Waals surface area contributed by atoms with Crippen LogP contribution in [0.5, 0.6) is 0 Å². The third-order valence-electron chi connectivity index (χ3n) is 3.38. The van der Waals surface area contributed by atoms with Gasteiger partial charge in [-0.25, -0.2) is 0 Å². The first-order valence-electron chi connectivity index (χ1n) is 6.21. The SMILES string of the molecule is Cc1ccc(C(=O)N2CCOC(CO)C2)cc1C. The Morgan fingerprint density at radius 2 is 2.22 bits per heavy atom. The van der Waals surface area contributed by atoms with E-state index in [1.807, 2.05) is 32.0 Å². The lowest BCUT2D eigenvalue weighted by Gasteiger charge is -2.32. The topological polar surface area (TPSA) is 49.8 Å². The van der Waals surface area contributed by atoms with Gasteiger partial charge < -0.3 is 14.7 Å². The lowest BCUT2D eigenvalue weighted by atomic mass is 10.1. The maximum absolute atomic E-state index is 12.3. The summed E-state index contributed by atoms with van der Waals surface area (Å²) in [7, 11) is 0. The summed E-state index contributed by atoms with van der Waals surface area (Å²) < 4.78 is 5.34. The Kier molecular flexibility index (Phi) is 3.99. The number of rotatable bonds is 2. The molecule has 1 amide bonds. The Labute approximate surface area is 107 Å². The van der Waals surface area contributed by atoms with E-state index in [0.717, 1.165) is 5.56 Å². The van der Waals surface area contributed by atoms with Crippen molar-refractivity contribution in [3.05, 3.63) is 34.9 Å². The molecule has 0 bridgehead atoms. The Morgan fingerprint density at radius 1 is 1.44 bits per heavy atom. The van der Waals surface area contributed by atoms with E-state index in [0.29, 0.717) is 25.3 Å². The fourth-order valence-corrected chi connectivity index (χ4v) is 2.07. The number of hydrogen-bond acceptors (Lipinski definition) is 3. The highest BCUT2D eigenvalue weighted by Gasteiger charge is 2.24. The lowest BCUT2D eigenvalue weighted by Crippen LogP contribution is -2.46. The molecule has 1 N–H and O–H groups in total. The van der Waals surface area contributed by atoms with Crippen LogP contribution in [-0.4, -0.2) is 48.3 Å². The third-order valence-corrected chi connectivity index (χ3v) is 3.38. The molecule has 4 nitrogen and oxygen atoms in total. The van der Waals surface area contributed by atoms with Crippen molar-refractivity contribution in [1.82, 2.24) is 4.90 Å². The fraction of sp³-hybridized carbons (Fsp3) is 0.500. The molecule has 1 aliphatic rings. The predicted molar refractivity (Wildman–Crippen MR) is 68.6 cm³/mol. The summed E-state index contributed by atoms with van der Waals surface area (Å²) in [5, 5.41) is 9.08. The molecule has 98 valence electrons. The molecule has 1 saturated heterocycles. The van der Waals surface area contributed by atoms with Gasteiger partial charge in [0.15, 0.2) is 0 Å². The molecule has 1 aromatic rings. The first kappa shape index (κ1) is 13.1. The number of aryl methyl sites for hydroxylation is 2. The van der Waals surface area contributed by atoms with Crippen molar-refractivity contribution in [2.75, 3.05) is 26.3 Å². The van der Waals surface area contributed by atoms with Crippen molar-refractivity contribution in [3.8, 4) is 0 Å². The van der Waals surface area contributed by atoms with Crippen molar-refractivity contribution in [3.63, 3.8) is 0 Å². The van der Waals surface area contributed by atoms with Gasteiger partial charge in [0.25, 0.3) is 5.91 Å². The highest BCUT2D eigenvalue weighted by Crippen LogP contribution is 2.14. The maximum atomic E-state index is 12.3. The molecular weight excluding hydrogens is 230 g/mol. The van der Waals surface area contributed by atoms with Crippen molar-refractivity contribution < 1.29 is 14.6 Å².